The van der Waals surface area contributed by atoms with Crippen LogP contribution >= 0.6 is 12.4 Å². The maximum absolute atomic E-state index is 13.5. The molecule has 0 amide bonds. The minimum absolute atomic E-state index is 0. The summed E-state index contributed by atoms with van der Waals surface area (Å²) in [5.74, 6) is 0.0480. The zero-order chi connectivity index (χ0) is 24.9. The van der Waals surface area contributed by atoms with Gasteiger partial charge in [0.05, 0.1) is 18.5 Å². The summed E-state index contributed by atoms with van der Waals surface area (Å²) in [6.07, 6.45) is 5.87. The Morgan fingerprint density at radius 1 is 1.11 bits per heavy atom. The van der Waals surface area contributed by atoms with Gasteiger partial charge in [-0.3, -0.25) is 4.90 Å². The van der Waals surface area contributed by atoms with E-state index in [-0.39, 0.29) is 31.0 Å². The van der Waals surface area contributed by atoms with Gasteiger partial charge in [-0.05, 0) is 26.0 Å². The molecule has 1 aliphatic rings. The number of rotatable bonds is 8. The van der Waals surface area contributed by atoms with Gasteiger partial charge in [0, 0.05) is 62.1 Å². The minimum Gasteiger partial charge on any atom is -0.394 e. The second kappa shape index (κ2) is 12.1. The van der Waals surface area contributed by atoms with Crippen LogP contribution in [0.15, 0.2) is 36.5 Å². The Labute approximate surface area is 215 Å². The van der Waals surface area contributed by atoms with Crippen molar-refractivity contribution in [2.45, 2.75) is 19.9 Å². The summed E-state index contributed by atoms with van der Waals surface area (Å²) < 4.78 is 28.7. The second-order valence-corrected chi connectivity index (χ2v) is 8.61. The lowest BCUT2D eigenvalue weighted by molar-refractivity contribution is 0.281. The van der Waals surface area contributed by atoms with E-state index >= 15 is 0 Å². The molecule has 0 spiro atoms. The van der Waals surface area contributed by atoms with Gasteiger partial charge in [-0.15, -0.1) is 12.4 Å². The molecule has 0 aliphatic carbocycles. The Bertz CT molecular complexity index is 1180. The summed E-state index contributed by atoms with van der Waals surface area (Å²) in [4.78, 5) is 12.7. The first-order chi connectivity index (χ1) is 16.8. The van der Waals surface area contributed by atoms with Crippen LogP contribution in [0.4, 0.5) is 26.2 Å². The van der Waals surface area contributed by atoms with Crippen LogP contribution in [0.1, 0.15) is 18.2 Å². The topological polar surface area (TPSA) is 108 Å². The number of aliphatic hydroxyl groups excluding tert-OH is 1. The molecule has 1 atom stereocenters. The fourth-order valence-corrected chi connectivity index (χ4v) is 3.99. The van der Waals surface area contributed by atoms with Crippen LogP contribution < -0.4 is 16.0 Å². The van der Waals surface area contributed by atoms with Crippen molar-refractivity contribution in [3.05, 3.63) is 59.4 Å². The van der Waals surface area contributed by atoms with Crippen LogP contribution in [-0.2, 0) is 0 Å². The number of aromatic nitrogens is 4. The summed E-state index contributed by atoms with van der Waals surface area (Å²) >= 11 is 0. The van der Waals surface area contributed by atoms with E-state index in [0.717, 1.165) is 37.0 Å². The zero-order valence-corrected chi connectivity index (χ0v) is 21.0. The van der Waals surface area contributed by atoms with Gasteiger partial charge in [0.2, 0.25) is 5.95 Å². The minimum atomic E-state index is -0.557. The average Bonchev–Trinajstić information content (AvgIpc) is 3.18. The van der Waals surface area contributed by atoms with Gasteiger partial charge in [0.1, 0.15) is 17.5 Å². The molecule has 0 bridgehead atoms. The number of nitrogen functional groups attached to an aromatic ring is 1. The molecule has 1 aromatic carbocycles. The first-order valence-electron chi connectivity index (χ1n) is 11.5. The largest absolute Gasteiger partial charge is 0.394 e. The highest BCUT2D eigenvalue weighted by molar-refractivity contribution is 5.85. The summed E-state index contributed by atoms with van der Waals surface area (Å²) in [6.45, 7) is 7.50. The van der Waals surface area contributed by atoms with E-state index in [4.69, 9.17) is 5.73 Å². The molecule has 194 valence electrons. The van der Waals surface area contributed by atoms with E-state index in [2.05, 4.69) is 31.4 Å². The van der Waals surface area contributed by atoms with Gasteiger partial charge in [0.25, 0.3) is 0 Å². The molecule has 4 rings (SSSR count). The van der Waals surface area contributed by atoms with Crippen LogP contribution in [0.25, 0.3) is 11.9 Å². The second-order valence-electron chi connectivity index (χ2n) is 8.61. The molecule has 4 N–H and O–H groups in total. The number of hydrogen-bond acceptors (Lipinski definition) is 8. The fourth-order valence-electron chi connectivity index (χ4n) is 3.99. The van der Waals surface area contributed by atoms with Crippen molar-refractivity contribution >= 4 is 35.9 Å². The van der Waals surface area contributed by atoms with E-state index < -0.39 is 11.6 Å². The van der Waals surface area contributed by atoms with Crippen molar-refractivity contribution in [2.24, 2.45) is 0 Å². The quantitative estimate of drug-likeness (QED) is 0.416. The molecule has 9 nitrogen and oxygen atoms in total. The van der Waals surface area contributed by atoms with E-state index in [1.165, 1.54) is 12.1 Å². The maximum atomic E-state index is 13.5. The van der Waals surface area contributed by atoms with E-state index in [1.54, 1.807) is 16.9 Å². The highest BCUT2D eigenvalue weighted by atomic mass is 35.5. The summed E-state index contributed by atoms with van der Waals surface area (Å²) in [6, 6.07) is 5.20. The molecule has 3 aromatic rings. The highest BCUT2D eigenvalue weighted by Crippen LogP contribution is 2.20. The Morgan fingerprint density at radius 2 is 1.81 bits per heavy atom. The van der Waals surface area contributed by atoms with Crippen molar-refractivity contribution in [1.29, 1.82) is 0 Å². The van der Waals surface area contributed by atoms with Crippen LogP contribution in [-0.4, -0.2) is 75.1 Å². The summed E-state index contributed by atoms with van der Waals surface area (Å²) in [7, 11) is 0. The first-order valence-corrected chi connectivity index (χ1v) is 11.5. The molecule has 2 aromatic heterocycles. The SMILES string of the molecule is Cc1c(C=CCN2CCN(c3cc(F)cc(F)c3)CC2)cnn1-c1cc(N[C@@H](C)CO)nc(N)n1.Cl. The fraction of sp³-hybridized carbons (Fsp3) is 0.375. The molecule has 0 radical (unpaired) electrons. The summed E-state index contributed by atoms with van der Waals surface area (Å²) in [5.41, 5.74) is 8.30. The van der Waals surface area contributed by atoms with Crippen molar-refractivity contribution in [2.75, 3.05) is 55.3 Å². The van der Waals surface area contributed by atoms with Crippen LogP contribution in [0.2, 0.25) is 0 Å². The lowest BCUT2D eigenvalue weighted by Gasteiger charge is -2.35. The number of benzene rings is 1. The third-order valence-electron chi connectivity index (χ3n) is 5.91. The number of aliphatic hydroxyl groups is 1. The molecule has 1 fully saturated rings. The number of nitrogens with two attached hydrogens (primary N) is 1. The van der Waals surface area contributed by atoms with E-state index in [0.29, 0.717) is 30.4 Å². The normalized spacial score (nSPS) is 15.2. The van der Waals surface area contributed by atoms with Gasteiger partial charge in [-0.25, -0.2) is 13.5 Å². The van der Waals surface area contributed by atoms with Crippen molar-refractivity contribution < 1.29 is 13.9 Å². The molecule has 36 heavy (non-hydrogen) atoms. The summed E-state index contributed by atoms with van der Waals surface area (Å²) in [5, 5.41) is 16.8. The standard InChI is InChI=1S/C24H30F2N8O.ClH/c1-16(15-35)29-22-13-23(31-24(27)30-22)34-17(2)18(14-28-34)4-3-5-32-6-8-33(9-7-32)21-11-19(25)10-20(26)12-21;/h3-4,10-14,16,35H,5-9,15H2,1-2H3,(H3,27,29,30,31);1H/t16-;/m0./s1. The van der Waals surface area contributed by atoms with Crippen LogP contribution in [0, 0.1) is 18.6 Å². The average molecular weight is 521 g/mol. The number of piperazine rings is 1. The van der Waals surface area contributed by atoms with Crippen molar-refractivity contribution in [3.8, 4) is 5.82 Å². The monoisotopic (exact) mass is 520 g/mol. The molecule has 1 aliphatic heterocycles. The number of nitrogens with zero attached hydrogens (tertiary/aromatic N) is 6. The number of anilines is 3. The molecule has 3 heterocycles. The van der Waals surface area contributed by atoms with Crippen LogP contribution in [0.5, 0.6) is 0 Å². The number of hydrogen-bond donors (Lipinski definition) is 3. The van der Waals surface area contributed by atoms with E-state index in [9.17, 15) is 13.9 Å². The van der Waals surface area contributed by atoms with Crippen molar-refractivity contribution in [1.82, 2.24) is 24.6 Å². The number of nitrogens with one attached hydrogen (secondary N) is 1. The molecular weight excluding hydrogens is 490 g/mol. The predicted octanol–water partition coefficient (Wildman–Crippen LogP) is 2.88. The van der Waals surface area contributed by atoms with E-state index in [1.807, 2.05) is 24.8 Å². The highest BCUT2D eigenvalue weighted by Gasteiger charge is 2.18. The van der Waals surface area contributed by atoms with Crippen molar-refractivity contribution in [3.63, 3.8) is 0 Å². The smallest absolute Gasteiger partial charge is 0.224 e. The Morgan fingerprint density at radius 3 is 2.47 bits per heavy atom. The van der Waals surface area contributed by atoms with Gasteiger partial charge >= 0.3 is 0 Å². The third kappa shape index (κ3) is 6.68. The Hall–Kier alpha value is -3.28. The molecular formula is C24H31ClF2N8O. The molecule has 0 unspecified atom stereocenters. The molecule has 12 heteroatoms. The van der Waals surface area contributed by atoms with Gasteiger partial charge in [0.15, 0.2) is 5.82 Å². The van der Waals surface area contributed by atoms with Gasteiger partial charge in [-0.1, -0.05) is 12.2 Å². The maximum Gasteiger partial charge on any atom is 0.224 e. The third-order valence-corrected chi connectivity index (χ3v) is 5.91. The molecule has 1 saturated heterocycles. The number of halogens is 3. The lowest BCUT2D eigenvalue weighted by Crippen LogP contribution is -2.46. The van der Waals surface area contributed by atoms with Crippen LogP contribution in [0.3, 0.4) is 0 Å². The molecule has 0 saturated carbocycles. The Kier molecular flexibility index (Phi) is 9.19. The van der Waals surface area contributed by atoms with Gasteiger partial charge < -0.3 is 21.1 Å². The van der Waals surface area contributed by atoms with Gasteiger partial charge in [-0.2, -0.15) is 15.1 Å². The first kappa shape index (κ1) is 27.3. The zero-order valence-electron chi connectivity index (χ0n) is 20.2. The lowest BCUT2D eigenvalue weighted by atomic mass is 10.2. The predicted molar refractivity (Wildman–Crippen MR) is 140 cm³/mol. The Balaban J connectivity index is 0.00000361.